The van der Waals surface area contributed by atoms with Crippen LogP contribution in [-0.4, -0.2) is 52.4 Å². The lowest BCUT2D eigenvalue weighted by atomic mass is 9.87. The van der Waals surface area contributed by atoms with Gasteiger partial charge in [-0.05, 0) is 61.2 Å². The molecule has 0 bridgehead atoms. The summed E-state index contributed by atoms with van der Waals surface area (Å²) in [5, 5.41) is 0. The molecular formula is C31H34N4O2. The van der Waals surface area contributed by atoms with E-state index in [0.717, 1.165) is 53.5 Å². The summed E-state index contributed by atoms with van der Waals surface area (Å²) in [4.78, 5) is 25.4. The summed E-state index contributed by atoms with van der Waals surface area (Å²) in [5.74, 6) is 1.81. The van der Waals surface area contributed by atoms with Crippen LogP contribution in [0.2, 0.25) is 0 Å². The maximum absolute atomic E-state index is 12.9. The van der Waals surface area contributed by atoms with Crippen molar-refractivity contribution in [3.63, 3.8) is 0 Å². The number of hydrogen-bond acceptors (Lipinski definition) is 4. The number of fused-ring (bicyclic) bond motifs is 1. The highest BCUT2D eigenvalue weighted by Gasteiger charge is 2.30. The van der Waals surface area contributed by atoms with E-state index in [2.05, 4.69) is 51.3 Å². The van der Waals surface area contributed by atoms with Crippen molar-refractivity contribution in [1.82, 2.24) is 19.8 Å². The summed E-state index contributed by atoms with van der Waals surface area (Å²) in [6, 6.07) is 24.7. The largest absolute Gasteiger partial charge is 0.497 e. The molecule has 0 radical (unpaired) electrons. The van der Waals surface area contributed by atoms with Crippen molar-refractivity contribution in [3.8, 4) is 17.1 Å². The van der Waals surface area contributed by atoms with Gasteiger partial charge in [0.05, 0.1) is 13.2 Å². The van der Waals surface area contributed by atoms with Gasteiger partial charge in [0, 0.05) is 49.2 Å². The number of nitrogens with one attached hydrogen (secondary N) is 1. The molecule has 6 nitrogen and oxygen atoms in total. The number of nitrogens with zero attached hydrogens (tertiary/aromatic N) is 3. The summed E-state index contributed by atoms with van der Waals surface area (Å²) in [6.07, 6.45) is 2.90. The molecule has 0 saturated carbocycles. The van der Waals surface area contributed by atoms with Crippen LogP contribution in [-0.2, 0) is 13.0 Å². The first-order chi connectivity index (χ1) is 18.1. The Morgan fingerprint density at radius 3 is 2.51 bits per heavy atom. The van der Waals surface area contributed by atoms with Gasteiger partial charge in [0.25, 0.3) is 5.91 Å². The molecule has 37 heavy (non-hydrogen) atoms. The number of carbonyl (C=O) groups is 1. The van der Waals surface area contributed by atoms with Crippen molar-refractivity contribution in [2.24, 2.45) is 0 Å². The summed E-state index contributed by atoms with van der Waals surface area (Å²) < 4.78 is 5.59. The van der Waals surface area contributed by atoms with E-state index in [9.17, 15) is 4.79 Å². The predicted octanol–water partition coefficient (Wildman–Crippen LogP) is 5.72. The molecule has 6 heteroatoms. The SMILES string of the molecule is CCN(CC)C(=O)c1ccc(C2c3cc(OC)ccc3CCN2Cc2cnc(-c3ccccc3)[nH]2)cc1. The van der Waals surface area contributed by atoms with E-state index in [0.29, 0.717) is 13.1 Å². The average molecular weight is 495 g/mol. The summed E-state index contributed by atoms with van der Waals surface area (Å²) in [7, 11) is 1.71. The first-order valence-electron chi connectivity index (χ1n) is 13.0. The highest BCUT2D eigenvalue weighted by molar-refractivity contribution is 5.94. The van der Waals surface area contributed by atoms with Crippen molar-refractivity contribution in [1.29, 1.82) is 0 Å². The van der Waals surface area contributed by atoms with E-state index in [1.165, 1.54) is 11.1 Å². The van der Waals surface area contributed by atoms with Crippen LogP contribution in [0.4, 0.5) is 0 Å². The first-order valence-corrected chi connectivity index (χ1v) is 13.0. The number of methoxy groups -OCH3 is 1. The maximum atomic E-state index is 12.9. The van der Waals surface area contributed by atoms with Crippen LogP contribution in [0.25, 0.3) is 11.4 Å². The van der Waals surface area contributed by atoms with Crippen LogP contribution >= 0.6 is 0 Å². The molecule has 1 aromatic heterocycles. The normalized spacial score (nSPS) is 15.3. The Bertz CT molecular complexity index is 1340. The third-order valence-corrected chi connectivity index (χ3v) is 7.25. The zero-order valence-electron chi connectivity index (χ0n) is 21.8. The van der Waals surface area contributed by atoms with Gasteiger partial charge in [-0.25, -0.2) is 4.98 Å². The van der Waals surface area contributed by atoms with Crippen LogP contribution < -0.4 is 4.74 Å². The molecule has 190 valence electrons. The Morgan fingerprint density at radius 2 is 1.81 bits per heavy atom. The van der Waals surface area contributed by atoms with Gasteiger partial charge >= 0.3 is 0 Å². The van der Waals surface area contributed by atoms with Crippen molar-refractivity contribution in [2.45, 2.75) is 32.9 Å². The topological polar surface area (TPSA) is 61.5 Å². The predicted molar refractivity (Wildman–Crippen MR) is 147 cm³/mol. The van der Waals surface area contributed by atoms with E-state index in [1.807, 2.05) is 61.3 Å². The number of imidazole rings is 1. The third-order valence-electron chi connectivity index (χ3n) is 7.25. The quantitative estimate of drug-likeness (QED) is 0.341. The Balaban J connectivity index is 1.47. The molecule has 4 aromatic rings. The van der Waals surface area contributed by atoms with Crippen LogP contribution in [0.5, 0.6) is 5.75 Å². The zero-order chi connectivity index (χ0) is 25.8. The maximum Gasteiger partial charge on any atom is 0.253 e. The minimum Gasteiger partial charge on any atom is -0.497 e. The van der Waals surface area contributed by atoms with Gasteiger partial charge in [0.2, 0.25) is 0 Å². The van der Waals surface area contributed by atoms with Crippen molar-refractivity contribution >= 4 is 5.91 Å². The number of amides is 1. The van der Waals surface area contributed by atoms with Crippen molar-refractivity contribution < 1.29 is 9.53 Å². The molecule has 2 heterocycles. The number of aromatic nitrogens is 2. The van der Waals surface area contributed by atoms with Crippen LogP contribution in [0.15, 0.2) is 79.0 Å². The second-order valence-corrected chi connectivity index (χ2v) is 9.41. The minimum atomic E-state index is 0.0416. The highest BCUT2D eigenvalue weighted by atomic mass is 16.5. The van der Waals surface area contributed by atoms with Gasteiger partial charge in [-0.2, -0.15) is 0 Å². The number of ether oxygens (including phenoxy) is 1. The third kappa shape index (κ3) is 5.16. The second-order valence-electron chi connectivity index (χ2n) is 9.41. The molecule has 1 amide bonds. The van der Waals surface area contributed by atoms with Crippen LogP contribution in [0, 0.1) is 0 Å². The Hall–Kier alpha value is -3.90. The Labute approximate surface area is 218 Å². The molecular weight excluding hydrogens is 460 g/mol. The fourth-order valence-electron chi connectivity index (χ4n) is 5.24. The highest BCUT2D eigenvalue weighted by Crippen LogP contribution is 2.38. The number of H-pyrrole nitrogens is 1. The molecule has 1 aliphatic rings. The lowest BCUT2D eigenvalue weighted by Crippen LogP contribution is -2.36. The molecule has 5 rings (SSSR count). The standard InChI is InChI=1S/C31H34N4O2/c1-4-34(5-2)31(36)25-13-11-23(12-14-25)29-28-19-27(37-3)16-15-22(28)17-18-35(29)21-26-20-32-30(33-26)24-9-7-6-8-10-24/h6-16,19-20,29H,4-5,17-18,21H2,1-3H3,(H,32,33). The lowest BCUT2D eigenvalue weighted by molar-refractivity contribution is 0.0773. The fraction of sp³-hybridized carbons (Fsp3) is 0.290. The Morgan fingerprint density at radius 1 is 1.05 bits per heavy atom. The van der Waals surface area contributed by atoms with Gasteiger partial charge < -0.3 is 14.6 Å². The molecule has 0 fully saturated rings. The van der Waals surface area contributed by atoms with Crippen LogP contribution in [0.3, 0.4) is 0 Å². The molecule has 3 aromatic carbocycles. The smallest absolute Gasteiger partial charge is 0.253 e. The molecule has 1 aliphatic heterocycles. The van der Waals surface area contributed by atoms with Crippen molar-refractivity contribution in [2.75, 3.05) is 26.7 Å². The summed E-state index contributed by atoms with van der Waals surface area (Å²) in [5.41, 5.74) is 6.61. The molecule has 1 N–H and O–H groups in total. The van der Waals surface area contributed by atoms with E-state index >= 15 is 0 Å². The molecule has 0 aliphatic carbocycles. The number of aromatic amines is 1. The van der Waals surface area contributed by atoms with E-state index in [-0.39, 0.29) is 11.9 Å². The van der Waals surface area contributed by atoms with Gasteiger partial charge in [0.1, 0.15) is 11.6 Å². The van der Waals surface area contributed by atoms with Crippen molar-refractivity contribution in [3.05, 3.63) is 107 Å². The zero-order valence-corrected chi connectivity index (χ0v) is 21.8. The van der Waals surface area contributed by atoms with E-state index < -0.39 is 0 Å². The number of benzene rings is 3. The first kappa shape index (κ1) is 24.8. The number of rotatable bonds is 8. The fourth-order valence-corrected chi connectivity index (χ4v) is 5.24. The van der Waals surface area contributed by atoms with Gasteiger partial charge in [0.15, 0.2) is 0 Å². The minimum absolute atomic E-state index is 0.0416. The lowest BCUT2D eigenvalue weighted by Gasteiger charge is -2.37. The Kier molecular flexibility index (Phi) is 7.37. The molecule has 1 atom stereocenters. The number of carbonyl (C=O) groups excluding carboxylic acids is 1. The number of hydrogen-bond donors (Lipinski definition) is 1. The van der Waals surface area contributed by atoms with E-state index in [4.69, 9.17) is 4.74 Å². The van der Waals surface area contributed by atoms with Gasteiger partial charge in [-0.15, -0.1) is 0 Å². The molecule has 1 unspecified atom stereocenters. The summed E-state index contributed by atoms with van der Waals surface area (Å²) >= 11 is 0. The van der Waals surface area contributed by atoms with Gasteiger partial charge in [-0.1, -0.05) is 48.5 Å². The van der Waals surface area contributed by atoms with E-state index in [1.54, 1.807) is 7.11 Å². The molecule has 0 spiro atoms. The summed E-state index contributed by atoms with van der Waals surface area (Å²) in [6.45, 7) is 7.09. The van der Waals surface area contributed by atoms with Gasteiger partial charge in [-0.3, -0.25) is 9.69 Å². The second kappa shape index (κ2) is 11.0. The average Bonchev–Trinajstić information content (AvgIpc) is 3.42. The van der Waals surface area contributed by atoms with Crippen LogP contribution in [0.1, 0.15) is 52.6 Å². The molecule has 0 saturated heterocycles. The monoisotopic (exact) mass is 494 g/mol.